The SMILES string of the molecule is CC(C(=O)NC(CO)C(=O)NC1CCCC1)c1ccccc1. The van der Waals surface area contributed by atoms with Crippen LogP contribution in [0.4, 0.5) is 0 Å². The fourth-order valence-electron chi connectivity index (χ4n) is 2.76. The average Bonchev–Trinajstić information content (AvgIpc) is 3.05. The maximum Gasteiger partial charge on any atom is 0.245 e. The zero-order valence-corrected chi connectivity index (χ0v) is 12.9. The van der Waals surface area contributed by atoms with Gasteiger partial charge in [0.05, 0.1) is 12.5 Å². The van der Waals surface area contributed by atoms with Gasteiger partial charge in [0.1, 0.15) is 6.04 Å². The summed E-state index contributed by atoms with van der Waals surface area (Å²) >= 11 is 0. The van der Waals surface area contributed by atoms with Crippen molar-refractivity contribution in [3.05, 3.63) is 35.9 Å². The number of benzene rings is 1. The van der Waals surface area contributed by atoms with Crippen LogP contribution >= 0.6 is 0 Å². The smallest absolute Gasteiger partial charge is 0.245 e. The molecule has 5 heteroatoms. The first-order valence-electron chi connectivity index (χ1n) is 7.88. The van der Waals surface area contributed by atoms with E-state index in [1.165, 1.54) is 0 Å². The lowest BCUT2D eigenvalue weighted by molar-refractivity contribution is -0.130. The van der Waals surface area contributed by atoms with Gasteiger partial charge in [-0.15, -0.1) is 0 Å². The van der Waals surface area contributed by atoms with Gasteiger partial charge in [-0.25, -0.2) is 0 Å². The number of aliphatic hydroxyl groups excluding tert-OH is 1. The van der Waals surface area contributed by atoms with Crippen LogP contribution in [-0.2, 0) is 9.59 Å². The Labute approximate surface area is 131 Å². The third kappa shape index (κ3) is 4.31. The molecule has 22 heavy (non-hydrogen) atoms. The fourth-order valence-corrected chi connectivity index (χ4v) is 2.76. The van der Waals surface area contributed by atoms with E-state index in [1.807, 2.05) is 30.3 Å². The number of amides is 2. The lowest BCUT2D eigenvalue weighted by atomic mass is 10.00. The number of aliphatic hydroxyl groups is 1. The second kappa shape index (κ2) is 7.94. The largest absolute Gasteiger partial charge is 0.394 e. The van der Waals surface area contributed by atoms with Crippen LogP contribution < -0.4 is 10.6 Å². The van der Waals surface area contributed by atoms with Gasteiger partial charge in [-0.1, -0.05) is 43.2 Å². The maximum atomic E-state index is 12.3. The first-order chi connectivity index (χ1) is 10.6. The summed E-state index contributed by atoms with van der Waals surface area (Å²) in [6.07, 6.45) is 4.18. The summed E-state index contributed by atoms with van der Waals surface area (Å²) < 4.78 is 0. The summed E-state index contributed by atoms with van der Waals surface area (Å²) in [5, 5.41) is 14.9. The van der Waals surface area contributed by atoms with Crippen LogP contribution in [-0.4, -0.2) is 35.6 Å². The van der Waals surface area contributed by atoms with E-state index < -0.39 is 12.6 Å². The van der Waals surface area contributed by atoms with Crippen molar-refractivity contribution in [2.75, 3.05) is 6.61 Å². The molecule has 1 fully saturated rings. The predicted octanol–water partition coefficient (Wildman–Crippen LogP) is 1.33. The highest BCUT2D eigenvalue weighted by molar-refractivity contribution is 5.90. The molecule has 0 spiro atoms. The van der Waals surface area contributed by atoms with Crippen LogP contribution in [0.15, 0.2) is 30.3 Å². The number of hydrogen-bond acceptors (Lipinski definition) is 3. The molecule has 120 valence electrons. The minimum absolute atomic E-state index is 0.171. The van der Waals surface area contributed by atoms with Gasteiger partial charge in [-0.05, 0) is 25.3 Å². The van der Waals surface area contributed by atoms with Gasteiger partial charge in [0.25, 0.3) is 0 Å². The normalized spacial score (nSPS) is 17.7. The number of hydrogen-bond donors (Lipinski definition) is 3. The number of carbonyl (C=O) groups excluding carboxylic acids is 2. The van der Waals surface area contributed by atoms with Crippen molar-refractivity contribution in [1.29, 1.82) is 0 Å². The van der Waals surface area contributed by atoms with E-state index in [-0.39, 0.29) is 23.8 Å². The molecule has 1 aliphatic carbocycles. The Bertz CT molecular complexity index is 498. The number of nitrogens with one attached hydrogen (secondary N) is 2. The van der Waals surface area contributed by atoms with Crippen molar-refractivity contribution in [3.63, 3.8) is 0 Å². The van der Waals surface area contributed by atoms with E-state index in [2.05, 4.69) is 10.6 Å². The Balaban J connectivity index is 1.91. The molecular weight excluding hydrogens is 280 g/mol. The van der Waals surface area contributed by atoms with Gasteiger partial charge in [-0.3, -0.25) is 9.59 Å². The lowest BCUT2D eigenvalue weighted by Crippen LogP contribution is -2.51. The zero-order valence-electron chi connectivity index (χ0n) is 12.9. The van der Waals surface area contributed by atoms with Crippen molar-refractivity contribution in [2.24, 2.45) is 0 Å². The van der Waals surface area contributed by atoms with Gasteiger partial charge in [0.2, 0.25) is 11.8 Å². The molecule has 0 radical (unpaired) electrons. The van der Waals surface area contributed by atoms with Crippen molar-refractivity contribution in [2.45, 2.75) is 50.6 Å². The first kappa shape index (κ1) is 16.5. The van der Waals surface area contributed by atoms with E-state index >= 15 is 0 Å². The average molecular weight is 304 g/mol. The molecule has 2 atom stereocenters. The summed E-state index contributed by atoms with van der Waals surface area (Å²) in [6.45, 7) is 1.39. The maximum absolute atomic E-state index is 12.3. The van der Waals surface area contributed by atoms with Crippen molar-refractivity contribution < 1.29 is 14.7 Å². The molecule has 1 aromatic carbocycles. The van der Waals surface area contributed by atoms with E-state index in [1.54, 1.807) is 6.92 Å². The van der Waals surface area contributed by atoms with Gasteiger partial charge in [0.15, 0.2) is 0 Å². The fraction of sp³-hybridized carbons (Fsp3) is 0.529. The van der Waals surface area contributed by atoms with Crippen LogP contribution in [0.3, 0.4) is 0 Å². The molecule has 0 bridgehead atoms. The van der Waals surface area contributed by atoms with Crippen molar-refractivity contribution in [3.8, 4) is 0 Å². The molecule has 2 amide bonds. The Morgan fingerprint density at radius 2 is 1.82 bits per heavy atom. The number of rotatable bonds is 6. The lowest BCUT2D eigenvalue weighted by Gasteiger charge is -2.21. The Morgan fingerprint density at radius 3 is 2.41 bits per heavy atom. The van der Waals surface area contributed by atoms with E-state index in [9.17, 15) is 14.7 Å². The Morgan fingerprint density at radius 1 is 1.18 bits per heavy atom. The minimum atomic E-state index is -0.890. The van der Waals surface area contributed by atoms with Gasteiger partial charge in [-0.2, -0.15) is 0 Å². The topological polar surface area (TPSA) is 78.4 Å². The van der Waals surface area contributed by atoms with Crippen molar-refractivity contribution in [1.82, 2.24) is 10.6 Å². The molecule has 1 saturated carbocycles. The summed E-state index contributed by atoms with van der Waals surface area (Å²) in [7, 11) is 0. The molecule has 1 aliphatic rings. The minimum Gasteiger partial charge on any atom is -0.394 e. The summed E-state index contributed by atoms with van der Waals surface area (Å²) in [6, 6.07) is 8.65. The molecular formula is C17H24N2O3. The molecule has 0 heterocycles. The molecule has 0 aliphatic heterocycles. The third-order valence-corrected chi connectivity index (χ3v) is 4.21. The summed E-state index contributed by atoms with van der Waals surface area (Å²) in [5.41, 5.74) is 0.882. The van der Waals surface area contributed by atoms with Crippen LogP contribution in [0.2, 0.25) is 0 Å². The van der Waals surface area contributed by atoms with E-state index in [0.717, 1.165) is 31.2 Å². The molecule has 0 saturated heterocycles. The molecule has 5 nitrogen and oxygen atoms in total. The van der Waals surface area contributed by atoms with Crippen LogP contribution in [0, 0.1) is 0 Å². The standard InChI is InChI=1S/C17H24N2O3/c1-12(13-7-3-2-4-8-13)16(21)19-15(11-20)17(22)18-14-9-5-6-10-14/h2-4,7-8,12,14-15,20H,5-6,9-11H2,1H3,(H,18,22)(H,19,21). The molecule has 3 N–H and O–H groups in total. The highest BCUT2D eigenvalue weighted by Gasteiger charge is 2.26. The zero-order chi connectivity index (χ0) is 15.9. The van der Waals surface area contributed by atoms with Gasteiger partial charge >= 0.3 is 0 Å². The first-order valence-corrected chi connectivity index (χ1v) is 7.88. The molecule has 1 aromatic rings. The van der Waals surface area contributed by atoms with E-state index in [4.69, 9.17) is 0 Å². The second-order valence-corrected chi connectivity index (χ2v) is 5.87. The monoisotopic (exact) mass is 304 g/mol. The van der Waals surface area contributed by atoms with Crippen LogP contribution in [0.1, 0.15) is 44.1 Å². The highest BCUT2D eigenvalue weighted by Crippen LogP contribution is 2.18. The molecule has 2 rings (SSSR count). The van der Waals surface area contributed by atoms with Gasteiger partial charge in [0, 0.05) is 6.04 Å². The second-order valence-electron chi connectivity index (χ2n) is 5.87. The number of carbonyl (C=O) groups is 2. The predicted molar refractivity (Wildman–Crippen MR) is 84.3 cm³/mol. The highest BCUT2D eigenvalue weighted by atomic mass is 16.3. The molecule has 2 unspecified atom stereocenters. The quantitative estimate of drug-likeness (QED) is 0.742. The van der Waals surface area contributed by atoms with Crippen LogP contribution in [0.5, 0.6) is 0 Å². The van der Waals surface area contributed by atoms with Gasteiger partial charge < -0.3 is 15.7 Å². The Kier molecular flexibility index (Phi) is 5.95. The van der Waals surface area contributed by atoms with E-state index in [0.29, 0.717) is 0 Å². The molecule has 0 aromatic heterocycles. The van der Waals surface area contributed by atoms with Crippen LogP contribution in [0.25, 0.3) is 0 Å². The summed E-state index contributed by atoms with van der Waals surface area (Å²) in [4.78, 5) is 24.4. The Hall–Kier alpha value is -1.88. The summed E-state index contributed by atoms with van der Waals surface area (Å²) in [5.74, 6) is -0.927. The van der Waals surface area contributed by atoms with Crippen molar-refractivity contribution >= 4 is 11.8 Å². The third-order valence-electron chi connectivity index (χ3n) is 4.21.